The predicted octanol–water partition coefficient (Wildman–Crippen LogP) is 3.26. The molecule has 0 spiro atoms. The molecule has 0 saturated heterocycles. The van der Waals surface area contributed by atoms with E-state index in [0.717, 1.165) is 4.90 Å². The van der Waals surface area contributed by atoms with Crippen molar-refractivity contribution in [1.29, 1.82) is 0 Å². The molecule has 3 rings (SSSR count). The summed E-state index contributed by atoms with van der Waals surface area (Å²) < 4.78 is 0. The Morgan fingerprint density at radius 2 is 1.92 bits per heavy atom. The van der Waals surface area contributed by atoms with Crippen molar-refractivity contribution >= 4 is 57.6 Å². The summed E-state index contributed by atoms with van der Waals surface area (Å²) in [5, 5.41) is 11.7. The van der Waals surface area contributed by atoms with E-state index in [0.29, 0.717) is 21.2 Å². The van der Waals surface area contributed by atoms with E-state index in [4.69, 9.17) is 23.2 Å². The molecule has 8 heteroatoms. The molecule has 25 heavy (non-hydrogen) atoms. The highest BCUT2D eigenvalue weighted by atomic mass is 35.5. The van der Waals surface area contributed by atoms with Crippen molar-refractivity contribution in [2.24, 2.45) is 0 Å². The molecule has 1 N–H and O–H groups in total. The summed E-state index contributed by atoms with van der Waals surface area (Å²) in [6.45, 7) is 0.102. The molecular weight excluding hydrogens is 383 g/mol. The third kappa shape index (κ3) is 3.18. The van der Waals surface area contributed by atoms with Crippen LogP contribution in [0.2, 0.25) is 10.0 Å². The number of aliphatic hydroxyl groups excluding tert-OH is 1. The summed E-state index contributed by atoms with van der Waals surface area (Å²) in [4.78, 5) is 29.4. The first-order valence-electron chi connectivity index (χ1n) is 7.39. The highest BCUT2D eigenvalue weighted by Crippen LogP contribution is 2.37. The monoisotopic (exact) mass is 396 g/mol. The lowest BCUT2D eigenvalue weighted by atomic mass is 10.2. The Morgan fingerprint density at radius 3 is 2.52 bits per heavy atom. The van der Waals surface area contributed by atoms with Gasteiger partial charge in [-0.2, -0.15) is 0 Å². The van der Waals surface area contributed by atoms with Gasteiger partial charge in [0.2, 0.25) is 0 Å². The maximum atomic E-state index is 13.0. The van der Waals surface area contributed by atoms with Gasteiger partial charge in [0, 0.05) is 18.5 Å². The SMILES string of the molecule is CN(CCO)C1=C(c2cccs2)C(=O)N(c2ccc(Cl)c(Cl)c2)C1=O. The highest BCUT2D eigenvalue weighted by molar-refractivity contribution is 7.11. The summed E-state index contributed by atoms with van der Waals surface area (Å²) in [6.07, 6.45) is 0. The Kier molecular flexibility index (Phi) is 5.15. The maximum Gasteiger partial charge on any atom is 0.282 e. The molecule has 0 unspecified atom stereocenters. The van der Waals surface area contributed by atoms with Gasteiger partial charge < -0.3 is 10.0 Å². The number of hydrogen-bond acceptors (Lipinski definition) is 5. The summed E-state index contributed by atoms with van der Waals surface area (Å²) in [6, 6.07) is 8.21. The van der Waals surface area contributed by atoms with E-state index < -0.39 is 11.8 Å². The van der Waals surface area contributed by atoms with Crippen LogP contribution in [0.3, 0.4) is 0 Å². The Balaban J connectivity index is 2.10. The minimum Gasteiger partial charge on any atom is -0.395 e. The molecule has 0 radical (unpaired) electrons. The van der Waals surface area contributed by atoms with Crippen LogP contribution in [0.5, 0.6) is 0 Å². The van der Waals surface area contributed by atoms with E-state index in [1.165, 1.54) is 17.4 Å². The molecule has 130 valence electrons. The van der Waals surface area contributed by atoms with Crippen LogP contribution in [0.1, 0.15) is 4.88 Å². The lowest BCUT2D eigenvalue weighted by Gasteiger charge is -2.20. The fraction of sp³-hybridized carbons (Fsp3) is 0.176. The van der Waals surface area contributed by atoms with Crippen LogP contribution in [0.4, 0.5) is 5.69 Å². The molecule has 5 nitrogen and oxygen atoms in total. The number of anilines is 1. The van der Waals surface area contributed by atoms with Gasteiger partial charge in [-0.15, -0.1) is 11.3 Å². The van der Waals surface area contributed by atoms with Crippen molar-refractivity contribution in [3.8, 4) is 0 Å². The number of nitrogens with zero attached hydrogens (tertiary/aromatic N) is 2. The van der Waals surface area contributed by atoms with E-state index >= 15 is 0 Å². The molecule has 1 aliphatic heterocycles. The Hall–Kier alpha value is -1.86. The number of halogens is 2. The first-order chi connectivity index (χ1) is 12.0. The summed E-state index contributed by atoms with van der Waals surface area (Å²) in [5.41, 5.74) is 0.931. The topological polar surface area (TPSA) is 60.9 Å². The van der Waals surface area contributed by atoms with E-state index in [2.05, 4.69) is 0 Å². The zero-order valence-corrected chi connectivity index (χ0v) is 15.5. The number of likely N-dealkylation sites (N-methyl/N-ethyl adjacent to an activating group) is 1. The number of rotatable bonds is 5. The second-order valence-corrected chi connectivity index (χ2v) is 7.15. The highest BCUT2D eigenvalue weighted by Gasteiger charge is 2.42. The molecule has 1 aromatic heterocycles. The Bertz CT molecular complexity index is 865. The van der Waals surface area contributed by atoms with Gasteiger partial charge in [-0.1, -0.05) is 29.3 Å². The zero-order valence-electron chi connectivity index (χ0n) is 13.2. The van der Waals surface area contributed by atoms with E-state index in [1.807, 2.05) is 11.4 Å². The van der Waals surface area contributed by atoms with Crippen LogP contribution in [-0.2, 0) is 9.59 Å². The molecule has 0 atom stereocenters. The summed E-state index contributed by atoms with van der Waals surface area (Å²) in [7, 11) is 1.67. The fourth-order valence-electron chi connectivity index (χ4n) is 2.64. The van der Waals surface area contributed by atoms with Crippen LogP contribution in [0.25, 0.3) is 5.57 Å². The van der Waals surface area contributed by atoms with Crippen molar-refractivity contribution in [2.75, 3.05) is 25.1 Å². The summed E-state index contributed by atoms with van der Waals surface area (Å²) >= 11 is 13.3. The van der Waals surface area contributed by atoms with E-state index in [9.17, 15) is 14.7 Å². The molecule has 1 aromatic carbocycles. The normalized spacial score (nSPS) is 14.6. The molecule has 2 aromatic rings. The molecule has 1 aliphatic rings. The van der Waals surface area contributed by atoms with Gasteiger partial charge in [-0.25, -0.2) is 4.90 Å². The van der Waals surface area contributed by atoms with E-state index in [-0.39, 0.29) is 23.9 Å². The van der Waals surface area contributed by atoms with Gasteiger partial charge in [0.05, 0.1) is 27.9 Å². The largest absolute Gasteiger partial charge is 0.395 e. The van der Waals surface area contributed by atoms with Crippen molar-refractivity contribution in [3.63, 3.8) is 0 Å². The number of imide groups is 1. The molecule has 2 heterocycles. The first kappa shape index (κ1) is 17.9. The lowest BCUT2D eigenvalue weighted by molar-refractivity contribution is -0.120. The smallest absolute Gasteiger partial charge is 0.282 e. The molecular formula is C17H14Cl2N2O3S. The Labute approximate surface area is 158 Å². The average Bonchev–Trinajstić information content (AvgIpc) is 3.17. The van der Waals surface area contributed by atoms with Crippen molar-refractivity contribution < 1.29 is 14.7 Å². The van der Waals surface area contributed by atoms with Crippen molar-refractivity contribution in [1.82, 2.24) is 4.90 Å². The average molecular weight is 397 g/mol. The number of carbonyl (C=O) groups excluding carboxylic acids is 2. The van der Waals surface area contributed by atoms with Crippen molar-refractivity contribution in [2.45, 2.75) is 0 Å². The molecule has 0 saturated carbocycles. The maximum absolute atomic E-state index is 13.0. The quantitative estimate of drug-likeness (QED) is 0.787. The van der Waals surface area contributed by atoms with Gasteiger partial charge in [0.25, 0.3) is 11.8 Å². The number of benzene rings is 1. The number of thiophene rings is 1. The van der Waals surface area contributed by atoms with Crippen LogP contribution in [-0.4, -0.2) is 42.0 Å². The molecule has 0 aliphatic carbocycles. The number of carbonyl (C=O) groups is 2. The second kappa shape index (κ2) is 7.17. The Morgan fingerprint density at radius 1 is 1.16 bits per heavy atom. The van der Waals surface area contributed by atoms with Gasteiger partial charge in [-0.05, 0) is 29.6 Å². The third-order valence-corrected chi connectivity index (χ3v) is 5.43. The van der Waals surface area contributed by atoms with Crippen LogP contribution in [0, 0.1) is 0 Å². The van der Waals surface area contributed by atoms with Crippen LogP contribution >= 0.6 is 34.5 Å². The third-order valence-electron chi connectivity index (χ3n) is 3.81. The van der Waals surface area contributed by atoms with Crippen LogP contribution in [0.15, 0.2) is 41.4 Å². The van der Waals surface area contributed by atoms with Crippen molar-refractivity contribution in [3.05, 3.63) is 56.3 Å². The standard InChI is InChI=1S/C17H14Cl2N2O3S/c1-20(6-7-22)15-14(13-3-2-8-25-13)16(23)21(17(15)24)10-4-5-11(18)12(19)9-10/h2-5,8-9,22H,6-7H2,1H3. The first-order valence-corrected chi connectivity index (χ1v) is 9.03. The molecule has 0 bridgehead atoms. The van der Waals surface area contributed by atoms with Gasteiger partial charge >= 0.3 is 0 Å². The number of aliphatic hydroxyl groups is 1. The number of amides is 2. The van der Waals surface area contributed by atoms with E-state index in [1.54, 1.807) is 30.1 Å². The number of hydrogen-bond donors (Lipinski definition) is 1. The minimum absolute atomic E-state index is 0.133. The fourth-order valence-corrected chi connectivity index (χ4v) is 3.69. The van der Waals surface area contributed by atoms with Crippen LogP contribution < -0.4 is 4.90 Å². The van der Waals surface area contributed by atoms with Gasteiger partial charge in [-0.3, -0.25) is 9.59 Å². The second-order valence-electron chi connectivity index (χ2n) is 5.39. The zero-order chi connectivity index (χ0) is 18.1. The summed E-state index contributed by atoms with van der Waals surface area (Å²) in [5.74, 6) is -0.881. The van der Waals surface area contributed by atoms with Gasteiger partial charge in [0.15, 0.2) is 0 Å². The molecule has 2 amide bonds. The molecule has 0 fully saturated rings. The van der Waals surface area contributed by atoms with Gasteiger partial charge in [0.1, 0.15) is 5.70 Å². The minimum atomic E-state index is -0.456. The predicted molar refractivity (Wildman–Crippen MR) is 99.9 cm³/mol. The lowest BCUT2D eigenvalue weighted by Crippen LogP contribution is -2.34.